The number of hydroxylamine groups is 2. The average molecular weight is 428 g/mol. The molecule has 2 aromatic rings. The molecule has 5 nitrogen and oxygen atoms in total. The molecule has 160 valence electrons. The van der Waals surface area contributed by atoms with E-state index in [0.717, 1.165) is 43.8 Å². The Kier molecular flexibility index (Phi) is 8.31. The number of hydrogen-bond donors (Lipinski definition) is 1. The van der Waals surface area contributed by atoms with E-state index in [-0.39, 0.29) is 5.91 Å². The highest BCUT2D eigenvalue weighted by Gasteiger charge is 2.20. The lowest BCUT2D eigenvalue weighted by atomic mass is 10.0. The van der Waals surface area contributed by atoms with Gasteiger partial charge < -0.3 is 10.2 Å². The second-order valence-corrected chi connectivity index (χ2v) is 7.82. The largest absolute Gasteiger partial charge is 0.341 e. The first kappa shape index (κ1) is 22.3. The van der Waals surface area contributed by atoms with Gasteiger partial charge in [-0.3, -0.25) is 9.63 Å². The maximum absolute atomic E-state index is 11.6. The first-order valence-corrected chi connectivity index (χ1v) is 10.8. The molecule has 0 bridgehead atoms. The number of nitrogens with zero attached hydrogens (tertiary/aromatic N) is 2. The number of unbranched alkanes of at least 4 members (excludes halogenated alkanes) is 1. The summed E-state index contributed by atoms with van der Waals surface area (Å²) in [7, 11) is 3.06. The van der Waals surface area contributed by atoms with Gasteiger partial charge in [0.15, 0.2) is 0 Å². The highest BCUT2D eigenvalue weighted by atomic mass is 35.5. The van der Waals surface area contributed by atoms with E-state index in [1.165, 1.54) is 40.8 Å². The highest BCUT2D eigenvalue weighted by Crippen LogP contribution is 2.37. The maximum atomic E-state index is 11.6. The molecule has 1 heterocycles. The van der Waals surface area contributed by atoms with Crippen LogP contribution in [-0.4, -0.2) is 44.8 Å². The van der Waals surface area contributed by atoms with Crippen molar-refractivity contribution in [3.63, 3.8) is 0 Å². The van der Waals surface area contributed by atoms with Crippen LogP contribution in [0, 0.1) is 0 Å². The number of nitrogens with one attached hydrogen (secondary N) is 1. The number of rotatable bonds is 9. The summed E-state index contributed by atoms with van der Waals surface area (Å²) >= 11 is 6.33. The van der Waals surface area contributed by atoms with E-state index < -0.39 is 0 Å². The van der Waals surface area contributed by atoms with Crippen molar-refractivity contribution in [3.8, 4) is 0 Å². The summed E-state index contributed by atoms with van der Waals surface area (Å²) in [6.07, 6.45) is 7.53. The van der Waals surface area contributed by atoms with Gasteiger partial charge >= 0.3 is 0 Å². The van der Waals surface area contributed by atoms with Gasteiger partial charge in [-0.1, -0.05) is 41.9 Å². The van der Waals surface area contributed by atoms with E-state index >= 15 is 0 Å². The summed E-state index contributed by atoms with van der Waals surface area (Å²) in [5.41, 5.74) is 5.25. The monoisotopic (exact) mass is 427 g/mol. The van der Waals surface area contributed by atoms with Gasteiger partial charge in [0.05, 0.1) is 7.11 Å². The van der Waals surface area contributed by atoms with Gasteiger partial charge in [-0.25, -0.2) is 5.06 Å². The van der Waals surface area contributed by atoms with E-state index in [0.29, 0.717) is 6.54 Å². The van der Waals surface area contributed by atoms with Gasteiger partial charge in [0.25, 0.3) is 5.91 Å². The molecule has 1 amide bonds. The number of likely N-dealkylation sites (N-methyl/N-ethyl adjacent to an activating group) is 1. The molecule has 3 rings (SSSR count). The minimum Gasteiger partial charge on any atom is -0.341 e. The van der Waals surface area contributed by atoms with E-state index in [1.807, 2.05) is 12.1 Å². The molecule has 1 aliphatic rings. The van der Waals surface area contributed by atoms with Crippen molar-refractivity contribution in [2.24, 2.45) is 0 Å². The Bertz CT molecular complexity index is 885. The molecule has 1 N–H and O–H groups in total. The number of fused-ring (bicyclic) bond motifs is 2. The molecular weight excluding hydrogens is 398 g/mol. The summed E-state index contributed by atoms with van der Waals surface area (Å²) in [6, 6.07) is 14.9. The Morgan fingerprint density at radius 3 is 2.73 bits per heavy atom. The van der Waals surface area contributed by atoms with Crippen LogP contribution in [-0.2, 0) is 22.5 Å². The van der Waals surface area contributed by atoms with Gasteiger partial charge in [0.1, 0.15) is 0 Å². The number of halogens is 1. The topological polar surface area (TPSA) is 44.8 Å². The molecule has 30 heavy (non-hydrogen) atoms. The Labute approximate surface area is 184 Å². The minimum absolute atomic E-state index is 0.170. The Morgan fingerprint density at radius 2 is 1.93 bits per heavy atom. The molecule has 0 unspecified atom stereocenters. The van der Waals surface area contributed by atoms with Crippen molar-refractivity contribution in [2.75, 3.05) is 38.7 Å². The molecule has 0 saturated heterocycles. The molecule has 0 radical (unpaired) electrons. The molecule has 0 atom stereocenters. The number of aryl methyl sites for hydroxylation is 2. The van der Waals surface area contributed by atoms with Gasteiger partial charge in [0.2, 0.25) is 0 Å². The molecular formula is C24H30ClN3O2. The normalized spacial score (nSPS) is 13.1. The number of benzene rings is 2. The summed E-state index contributed by atoms with van der Waals surface area (Å²) < 4.78 is 0. The van der Waals surface area contributed by atoms with Gasteiger partial charge in [-0.05, 0) is 61.6 Å². The molecule has 0 spiro atoms. The Balaban J connectivity index is 1.53. The molecule has 0 aromatic heterocycles. The van der Waals surface area contributed by atoms with Crippen molar-refractivity contribution in [1.29, 1.82) is 0 Å². The SMILES string of the molecule is CON(C)C(=O)/C=C/CNCCCCN1c2ccccc2CCc2ccc(Cl)cc21. The van der Waals surface area contributed by atoms with Crippen molar-refractivity contribution in [3.05, 3.63) is 70.8 Å². The van der Waals surface area contributed by atoms with Crippen molar-refractivity contribution < 1.29 is 9.63 Å². The first-order chi connectivity index (χ1) is 14.6. The highest BCUT2D eigenvalue weighted by molar-refractivity contribution is 6.30. The molecule has 0 saturated carbocycles. The molecule has 0 aliphatic carbocycles. The predicted octanol–water partition coefficient (Wildman–Crippen LogP) is 4.52. The molecule has 2 aromatic carbocycles. The second kappa shape index (κ2) is 11.2. The lowest BCUT2D eigenvalue weighted by Gasteiger charge is -2.27. The van der Waals surface area contributed by atoms with Gasteiger partial charge in [0, 0.05) is 42.6 Å². The van der Waals surface area contributed by atoms with E-state index in [1.54, 1.807) is 7.05 Å². The number of hydrogen-bond acceptors (Lipinski definition) is 4. The number of anilines is 2. The Morgan fingerprint density at radius 1 is 1.17 bits per heavy atom. The van der Waals surface area contributed by atoms with E-state index in [9.17, 15) is 4.79 Å². The third-order valence-electron chi connectivity index (χ3n) is 5.38. The fourth-order valence-electron chi connectivity index (χ4n) is 3.69. The summed E-state index contributed by atoms with van der Waals surface area (Å²) in [6.45, 7) is 2.50. The summed E-state index contributed by atoms with van der Waals surface area (Å²) in [5, 5.41) is 5.33. The van der Waals surface area contributed by atoms with Gasteiger partial charge in [-0.2, -0.15) is 0 Å². The standard InChI is InChI=1S/C24H30ClN3O2/c1-27(30-2)24(29)10-7-16-26-15-5-6-17-28-22-9-4-3-8-19(22)11-12-20-13-14-21(25)18-23(20)28/h3-4,7-10,13-14,18,26H,5-6,11-12,15-17H2,1-2H3/b10-7+. The van der Waals surface area contributed by atoms with Crippen LogP contribution in [0.2, 0.25) is 5.02 Å². The van der Waals surface area contributed by atoms with Crippen LogP contribution >= 0.6 is 11.6 Å². The van der Waals surface area contributed by atoms with Crippen LogP contribution < -0.4 is 10.2 Å². The zero-order valence-electron chi connectivity index (χ0n) is 17.7. The second-order valence-electron chi connectivity index (χ2n) is 7.39. The molecule has 1 aliphatic heterocycles. The van der Waals surface area contributed by atoms with E-state index in [4.69, 9.17) is 16.4 Å². The maximum Gasteiger partial charge on any atom is 0.269 e. The average Bonchev–Trinajstić information content (AvgIpc) is 2.91. The van der Waals surface area contributed by atoms with Crippen LogP contribution in [0.3, 0.4) is 0 Å². The third kappa shape index (κ3) is 5.85. The smallest absolute Gasteiger partial charge is 0.269 e. The fraction of sp³-hybridized carbons (Fsp3) is 0.375. The van der Waals surface area contributed by atoms with Crippen LogP contribution in [0.25, 0.3) is 0 Å². The number of para-hydroxylation sites is 1. The van der Waals surface area contributed by atoms with Crippen LogP contribution in [0.4, 0.5) is 11.4 Å². The lowest BCUT2D eigenvalue weighted by Crippen LogP contribution is -2.24. The number of carbonyl (C=O) groups excluding carboxylic acids is 1. The number of amides is 1. The van der Waals surface area contributed by atoms with Crippen molar-refractivity contribution in [1.82, 2.24) is 10.4 Å². The predicted molar refractivity (Wildman–Crippen MR) is 123 cm³/mol. The molecule has 6 heteroatoms. The summed E-state index contributed by atoms with van der Waals surface area (Å²) in [4.78, 5) is 18.9. The third-order valence-corrected chi connectivity index (χ3v) is 5.61. The fourth-order valence-corrected chi connectivity index (χ4v) is 3.85. The lowest BCUT2D eigenvalue weighted by molar-refractivity contribution is -0.162. The zero-order chi connectivity index (χ0) is 21.3. The van der Waals surface area contributed by atoms with Crippen LogP contribution in [0.1, 0.15) is 24.0 Å². The minimum atomic E-state index is -0.170. The van der Waals surface area contributed by atoms with E-state index in [2.05, 4.69) is 46.6 Å². The van der Waals surface area contributed by atoms with Crippen LogP contribution in [0.5, 0.6) is 0 Å². The Hall–Kier alpha value is -2.34. The quantitative estimate of drug-likeness (QED) is 0.363. The van der Waals surface area contributed by atoms with Crippen molar-refractivity contribution in [2.45, 2.75) is 25.7 Å². The first-order valence-electron chi connectivity index (χ1n) is 10.4. The van der Waals surface area contributed by atoms with Crippen LogP contribution in [0.15, 0.2) is 54.6 Å². The zero-order valence-corrected chi connectivity index (χ0v) is 18.5. The van der Waals surface area contributed by atoms with Gasteiger partial charge in [-0.15, -0.1) is 0 Å². The molecule has 0 fully saturated rings. The summed E-state index contributed by atoms with van der Waals surface area (Å²) in [5.74, 6) is -0.170. The van der Waals surface area contributed by atoms with Crippen molar-refractivity contribution >= 4 is 28.9 Å². The number of carbonyl (C=O) groups is 1.